The van der Waals surface area contributed by atoms with E-state index in [-0.39, 0.29) is 0 Å². The van der Waals surface area contributed by atoms with Crippen LogP contribution >= 0.6 is 11.9 Å². The molecule has 0 radical (unpaired) electrons. The molecule has 98 valence electrons. The van der Waals surface area contributed by atoms with Gasteiger partial charge in [0, 0.05) is 12.8 Å². The summed E-state index contributed by atoms with van der Waals surface area (Å²) in [6, 6.07) is 6.60. The van der Waals surface area contributed by atoms with Crippen molar-refractivity contribution in [3.8, 4) is 0 Å². The van der Waals surface area contributed by atoms with Gasteiger partial charge in [-0.3, -0.25) is 0 Å². The fourth-order valence-electron chi connectivity index (χ4n) is 1.96. The Bertz CT molecular complexity index is 310. The maximum atomic E-state index is 2.39. The van der Waals surface area contributed by atoms with E-state index >= 15 is 0 Å². The summed E-state index contributed by atoms with van der Waals surface area (Å²) in [6.07, 6.45) is 4.69. The Hall–Kier alpha value is -0.630. The third-order valence-corrected chi connectivity index (χ3v) is 3.48. The molecule has 1 aliphatic heterocycles. The molecule has 1 aromatic rings. The van der Waals surface area contributed by atoms with Gasteiger partial charge in [0.15, 0.2) is 0 Å². The lowest BCUT2D eigenvalue weighted by atomic mass is 9.99. The van der Waals surface area contributed by atoms with Crippen molar-refractivity contribution in [2.24, 2.45) is 0 Å². The van der Waals surface area contributed by atoms with Crippen molar-refractivity contribution in [2.45, 2.75) is 47.5 Å². The second kappa shape index (κ2) is 9.41. The van der Waals surface area contributed by atoms with E-state index in [1.807, 2.05) is 39.6 Å². The monoisotopic (exact) mass is 253 g/mol. The molecule has 0 aromatic heterocycles. The van der Waals surface area contributed by atoms with Crippen LogP contribution in [0.25, 0.3) is 0 Å². The minimum Gasteiger partial charge on any atom is -0.316 e. The standard InChI is InChI=1S/C11H15NS.2C2H6/c1-9-5-3-7-11-10(9)6-4-8-12(11)13-2;2*1-2/h3,5,7H,4,6,8H2,1-2H3;2*1-2H3. The summed E-state index contributed by atoms with van der Waals surface area (Å²) in [5.74, 6) is 0. The van der Waals surface area contributed by atoms with Crippen LogP contribution in [0, 0.1) is 6.92 Å². The summed E-state index contributed by atoms with van der Waals surface area (Å²) >= 11 is 1.83. The summed E-state index contributed by atoms with van der Waals surface area (Å²) in [5, 5.41) is 0. The van der Waals surface area contributed by atoms with E-state index in [1.165, 1.54) is 30.6 Å². The molecular weight excluding hydrogens is 226 g/mol. The largest absolute Gasteiger partial charge is 0.316 e. The van der Waals surface area contributed by atoms with Gasteiger partial charge >= 0.3 is 0 Å². The SMILES string of the molecule is CC.CC.CSN1CCCc2c(C)cccc21. The van der Waals surface area contributed by atoms with Crippen LogP contribution in [0.1, 0.15) is 45.2 Å². The molecule has 0 atom stereocenters. The Morgan fingerprint density at radius 3 is 2.35 bits per heavy atom. The van der Waals surface area contributed by atoms with E-state index in [1.54, 1.807) is 5.56 Å². The van der Waals surface area contributed by atoms with Gasteiger partial charge in [-0.2, -0.15) is 0 Å². The molecule has 1 aromatic carbocycles. The first-order valence-electron chi connectivity index (χ1n) is 6.73. The van der Waals surface area contributed by atoms with Crippen molar-refractivity contribution in [1.29, 1.82) is 0 Å². The number of hydrogen-bond donors (Lipinski definition) is 0. The van der Waals surface area contributed by atoms with E-state index in [9.17, 15) is 0 Å². The Kier molecular flexibility index (Phi) is 9.06. The van der Waals surface area contributed by atoms with Gasteiger partial charge in [-0.05, 0) is 37.0 Å². The van der Waals surface area contributed by atoms with Gasteiger partial charge in [0.2, 0.25) is 0 Å². The number of fused-ring (bicyclic) bond motifs is 1. The lowest BCUT2D eigenvalue weighted by molar-refractivity contribution is 0.791. The molecule has 0 amide bonds. The quantitative estimate of drug-likeness (QED) is 0.642. The maximum absolute atomic E-state index is 2.39. The summed E-state index contributed by atoms with van der Waals surface area (Å²) in [7, 11) is 0. The van der Waals surface area contributed by atoms with Gasteiger partial charge in [-0.1, -0.05) is 51.8 Å². The normalized spacial score (nSPS) is 12.7. The van der Waals surface area contributed by atoms with Crippen LogP contribution in [0.3, 0.4) is 0 Å². The van der Waals surface area contributed by atoms with Crippen molar-refractivity contribution in [3.05, 3.63) is 29.3 Å². The highest BCUT2D eigenvalue weighted by Crippen LogP contribution is 2.32. The van der Waals surface area contributed by atoms with Crippen LogP contribution in [0.4, 0.5) is 5.69 Å². The lowest BCUT2D eigenvalue weighted by Crippen LogP contribution is -2.22. The minimum absolute atomic E-state index is 1.19. The highest BCUT2D eigenvalue weighted by Gasteiger charge is 2.16. The summed E-state index contributed by atoms with van der Waals surface area (Å²) in [5.41, 5.74) is 4.41. The lowest BCUT2D eigenvalue weighted by Gasteiger charge is -2.29. The zero-order chi connectivity index (χ0) is 13.3. The number of hydrogen-bond acceptors (Lipinski definition) is 2. The Labute approximate surface area is 112 Å². The molecule has 0 spiro atoms. The van der Waals surface area contributed by atoms with Crippen LogP contribution in [0.5, 0.6) is 0 Å². The topological polar surface area (TPSA) is 3.24 Å². The van der Waals surface area contributed by atoms with Gasteiger partial charge in [0.1, 0.15) is 0 Å². The second-order valence-electron chi connectivity index (χ2n) is 3.46. The minimum atomic E-state index is 1.19. The third kappa shape index (κ3) is 4.27. The molecule has 0 saturated heterocycles. The van der Waals surface area contributed by atoms with E-state index in [0.29, 0.717) is 0 Å². The molecule has 1 aliphatic rings. The zero-order valence-corrected chi connectivity index (χ0v) is 13.0. The molecular formula is C15H27NS. The average Bonchev–Trinajstić information content (AvgIpc) is 2.43. The molecule has 0 saturated carbocycles. The Balaban J connectivity index is 0.000000581. The highest BCUT2D eigenvalue weighted by molar-refractivity contribution is 7.99. The summed E-state index contributed by atoms with van der Waals surface area (Å²) < 4.78 is 2.39. The number of aryl methyl sites for hydroxylation is 1. The number of nitrogens with zero attached hydrogens (tertiary/aromatic N) is 1. The molecule has 2 rings (SSSR count). The van der Waals surface area contributed by atoms with E-state index in [0.717, 1.165) is 0 Å². The number of rotatable bonds is 1. The third-order valence-electron chi connectivity index (χ3n) is 2.66. The van der Waals surface area contributed by atoms with Gasteiger partial charge in [0.05, 0.1) is 5.69 Å². The van der Waals surface area contributed by atoms with Gasteiger partial charge in [-0.15, -0.1) is 0 Å². The molecule has 1 nitrogen and oxygen atoms in total. The van der Waals surface area contributed by atoms with Gasteiger partial charge in [-0.25, -0.2) is 0 Å². The van der Waals surface area contributed by atoms with Crippen molar-refractivity contribution in [2.75, 3.05) is 17.1 Å². The van der Waals surface area contributed by atoms with Crippen LogP contribution in [0.15, 0.2) is 18.2 Å². The molecule has 0 bridgehead atoms. The predicted molar refractivity (Wildman–Crippen MR) is 83.1 cm³/mol. The fourth-order valence-corrected chi connectivity index (χ4v) is 2.63. The second-order valence-corrected chi connectivity index (χ2v) is 4.27. The van der Waals surface area contributed by atoms with Crippen molar-refractivity contribution in [3.63, 3.8) is 0 Å². The van der Waals surface area contributed by atoms with Crippen LogP contribution < -0.4 is 4.31 Å². The van der Waals surface area contributed by atoms with E-state index in [2.05, 4.69) is 35.7 Å². The van der Waals surface area contributed by atoms with Crippen molar-refractivity contribution < 1.29 is 0 Å². The van der Waals surface area contributed by atoms with E-state index in [4.69, 9.17) is 0 Å². The first-order chi connectivity index (χ1) is 8.33. The first-order valence-corrected chi connectivity index (χ1v) is 7.91. The van der Waals surface area contributed by atoms with Crippen LogP contribution in [-0.4, -0.2) is 12.8 Å². The molecule has 17 heavy (non-hydrogen) atoms. The van der Waals surface area contributed by atoms with Gasteiger partial charge in [0.25, 0.3) is 0 Å². The molecule has 0 aliphatic carbocycles. The number of benzene rings is 1. The Morgan fingerprint density at radius 2 is 1.76 bits per heavy atom. The molecule has 0 unspecified atom stereocenters. The molecule has 2 heteroatoms. The van der Waals surface area contributed by atoms with Crippen LogP contribution in [-0.2, 0) is 6.42 Å². The Morgan fingerprint density at radius 1 is 1.12 bits per heavy atom. The van der Waals surface area contributed by atoms with Crippen LogP contribution in [0.2, 0.25) is 0 Å². The number of anilines is 1. The molecule has 0 fully saturated rings. The average molecular weight is 253 g/mol. The van der Waals surface area contributed by atoms with Crippen molar-refractivity contribution >= 4 is 17.6 Å². The first kappa shape index (κ1) is 16.4. The molecule has 1 heterocycles. The smallest absolute Gasteiger partial charge is 0.0504 e. The zero-order valence-electron chi connectivity index (χ0n) is 12.2. The van der Waals surface area contributed by atoms with Crippen molar-refractivity contribution in [1.82, 2.24) is 0 Å². The molecule has 0 N–H and O–H groups in total. The van der Waals surface area contributed by atoms with E-state index < -0.39 is 0 Å². The predicted octanol–water partition coefficient (Wildman–Crippen LogP) is 5.08. The maximum Gasteiger partial charge on any atom is 0.0504 e. The summed E-state index contributed by atoms with van der Waals surface area (Å²) in [4.78, 5) is 0. The summed E-state index contributed by atoms with van der Waals surface area (Å²) in [6.45, 7) is 11.4. The fraction of sp³-hybridized carbons (Fsp3) is 0.600. The van der Waals surface area contributed by atoms with Gasteiger partial charge < -0.3 is 4.31 Å². The highest BCUT2D eigenvalue weighted by atomic mass is 32.2.